The zero-order chi connectivity index (χ0) is 16.7. The first-order valence-corrected chi connectivity index (χ1v) is 8.92. The highest BCUT2D eigenvalue weighted by atomic mass is 32.2. The van der Waals surface area contributed by atoms with E-state index in [1.54, 1.807) is 42.5 Å². The van der Waals surface area contributed by atoms with Crippen LogP contribution >= 0.6 is 0 Å². The molecule has 0 amide bonds. The molecule has 0 radical (unpaired) electrons. The third-order valence-corrected chi connectivity index (χ3v) is 4.51. The molecule has 0 aromatic heterocycles. The largest absolute Gasteiger partial charge is 0.382 e. The van der Waals surface area contributed by atoms with E-state index in [0.717, 1.165) is 12.0 Å². The molecule has 6 heteroatoms. The summed E-state index contributed by atoms with van der Waals surface area (Å²) in [5, 5.41) is 0. The molecule has 0 aliphatic carbocycles. The van der Waals surface area contributed by atoms with Gasteiger partial charge in [-0.25, -0.2) is 4.39 Å². The summed E-state index contributed by atoms with van der Waals surface area (Å²) in [4.78, 5) is 1.91. The van der Waals surface area contributed by atoms with Gasteiger partial charge >= 0.3 is 10.1 Å². The Balaban J connectivity index is 1.76. The van der Waals surface area contributed by atoms with Crippen LogP contribution in [0.1, 0.15) is 5.56 Å². The van der Waals surface area contributed by atoms with Crippen LogP contribution in [0.3, 0.4) is 0 Å². The van der Waals surface area contributed by atoms with Crippen LogP contribution < -0.4 is 4.18 Å². The van der Waals surface area contributed by atoms with E-state index >= 15 is 0 Å². The number of hydrogen-bond acceptors (Lipinski definition) is 4. The van der Waals surface area contributed by atoms with Gasteiger partial charge in [-0.05, 0) is 43.3 Å². The van der Waals surface area contributed by atoms with Gasteiger partial charge in [0.2, 0.25) is 0 Å². The van der Waals surface area contributed by atoms with Crippen LogP contribution in [-0.2, 0) is 16.5 Å². The molecule has 0 bridgehead atoms. The topological polar surface area (TPSA) is 46.6 Å². The molecule has 0 saturated heterocycles. The van der Waals surface area contributed by atoms with Crippen LogP contribution in [-0.4, -0.2) is 39.2 Å². The second kappa shape index (κ2) is 8.08. The number of halogens is 1. The normalized spacial score (nSPS) is 11.6. The average Bonchev–Trinajstić information content (AvgIpc) is 2.53. The maximum absolute atomic E-state index is 12.8. The van der Waals surface area contributed by atoms with Crippen molar-refractivity contribution in [1.29, 1.82) is 0 Å². The van der Waals surface area contributed by atoms with Gasteiger partial charge in [-0.2, -0.15) is 8.42 Å². The van der Waals surface area contributed by atoms with Gasteiger partial charge in [0.15, 0.2) is 0 Å². The van der Waals surface area contributed by atoms with Crippen LogP contribution in [0.5, 0.6) is 5.75 Å². The zero-order valence-electron chi connectivity index (χ0n) is 13.0. The number of likely N-dealkylation sites (N-methyl/N-ethyl adjacent to an activating group) is 1. The number of hydrogen-bond donors (Lipinski definition) is 0. The molecule has 0 aliphatic rings. The van der Waals surface area contributed by atoms with Crippen LogP contribution in [0.2, 0.25) is 0 Å². The zero-order valence-corrected chi connectivity index (χ0v) is 13.8. The van der Waals surface area contributed by atoms with E-state index in [-0.39, 0.29) is 11.6 Å². The maximum atomic E-state index is 12.8. The molecule has 23 heavy (non-hydrogen) atoms. The molecule has 0 fully saturated rings. The lowest BCUT2D eigenvalue weighted by Gasteiger charge is -2.16. The summed E-state index contributed by atoms with van der Waals surface area (Å²) in [6.07, 6.45) is 0.733. The van der Waals surface area contributed by atoms with Gasteiger partial charge in [0, 0.05) is 13.1 Å². The van der Waals surface area contributed by atoms with Gasteiger partial charge in [-0.3, -0.25) is 0 Å². The molecular formula is C17H20FNO3S. The first-order chi connectivity index (χ1) is 10.9. The van der Waals surface area contributed by atoms with E-state index in [4.69, 9.17) is 4.18 Å². The van der Waals surface area contributed by atoms with Crippen molar-refractivity contribution in [2.45, 2.75) is 6.42 Å². The SMILES string of the molecule is CN(CCc1ccc(F)cc1)CCS(=O)(=O)Oc1ccccc1. The van der Waals surface area contributed by atoms with Crippen molar-refractivity contribution in [3.8, 4) is 5.75 Å². The van der Waals surface area contributed by atoms with Gasteiger partial charge in [-0.15, -0.1) is 0 Å². The van der Waals surface area contributed by atoms with E-state index in [1.165, 1.54) is 12.1 Å². The predicted molar refractivity (Wildman–Crippen MR) is 88.5 cm³/mol. The standard InChI is InChI=1S/C17H20FNO3S/c1-19(12-11-15-7-9-16(18)10-8-15)13-14-23(20,21)22-17-5-3-2-4-6-17/h2-10H,11-14H2,1H3. The van der Waals surface area contributed by atoms with Gasteiger partial charge in [0.25, 0.3) is 0 Å². The maximum Gasteiger partial charge on any atom is 0.310 e. The van der Waals surface area contributed by atoms with Gasteiger partial charge in [0.05, 0.1) is 5.75 Å². The molecule has 0 unspecified atom stereocenters. The van der Waals surface area contributed by atoms with E-state index in [9.17, 15) is 12.8 Å². The Morgan fingerprint density at radius 1 is 1.00 bits per heavy atom. The molecular weight excluding hydrogens is 317 g/mol. The molecule has 2 aromatic rings. The lowest BCUT2D eigenvalue weighted by molar-refractivity contribution is 0.353. The van der Waals surface area contributed by atoms with E-state index in [0.29, 0.717) is 18.8 Å². The van der Waals surface area contributed by atoms with Crippen molar-refractivity contribution < 1.29 is 17.0 Å². The van der Waals surface area contributed by atoms with Crippen molar-refractivity contribution in [2.75, 3.05) is 25.9 Å². The van der Waals surface area contributed by atoms with Crippen LogP contribution in [0.25, 0.3) is 0 Å². The Morgan fingerprint density at radius 3 is 2.30 bits per heavy atom. The summed E-state index contributed by atoms with van der Waals surface area (Å²) in [7, 11) is -1.76. The molecule has 2 aromatic carbocycles. The number of para-hydroxylation sites is 1. The lowest BCUT2D eigenvalue weighted by atomic mass is 10.1. The molecule has 2 rings (SSSR count). The molecule has 0 aliphatic heterocycles. The quantitative estimate of drug-likeness (QED) is 0.695. The second-order valence-corrected chi connectivity index (χ2v) is 7.03. The summed E-state index contributed by atoms with van der Waals surface area (Å²) in [6.45, 7) is 1.06. The van der Waals surface area contributed by atoms with Crippen molar-refractivity contribution >= 4 is 10.1 Å². The first-order valence-electron chi connectivity index (χ1n) is 7.35. The van der Waals surface area contributed by atoms with Gasteiger partial charge in [-0.1, -0.05) is 30.3 Å². The monoisotopic (exact) mass is 337 g/mol. The van der Waals surface area contributed by atoms with E-state index in [1.807, 2.05) is 11.9 Å². The summed E-state index contributed by atoms with van der Waals surface area (Å²) < 4.78 is 41.7. The number of nitrogens with zero attached hydrogens (tertiary/aromatic N) is 1. The van der Waals surface area contributed by atoms with Crippen LogP contribution in [0.15, 0.2) is 54.6 Å². The Labute approximate surface area is 136 Å². The Bertz CT molecular complexity index is 702. The van der Waals surface area contributed by atoms with Crippen molar-refractivity contribution in [3.05, 3.63) is 66.0 Å². The average molecular weight is 337 g/mol. The minimum Gasteiger partial charge on any atom is -0.382 e. The van der Waals surface area contributed by atoms with Crippen molar-refractivity contribution in [1.82, 2.24) is 4.90 Å². The Hall–Kier alpha value is -1.92. The highest BCUT2D eigenvalue weighted by Gasteiger charge is 2.14. The predicted octanol–water partition coefficient (Wildman–Crippen LogP) is 2.71. The smallest absolute Gasteiger partial charge is 0.310 e. The first kappa shape index (κ1) is 17.4. The molecule has 0 saturated carbocycles. The third kappa shape index (κ3) is 6.38. The molecule has 0 heterocycles. The highest BCUT2D eigenvalue weighted by molar-refractivity contribution is 7.87. The fraction of sp³-hybridized carbons (Fsp3) is 0.294. The molecule has 0 N–H and O–H groups in total. The van der Waals surface area contributed by atoms with Gasteiger partial charge < -0.3 is 9.08 Å². The minimum atomic E-state index is -3.61. The fourth-order valence-electron chi connectivity index (χ4n) is 2.01. The van der Waals surface area contributed by atoms with Crippen LogP contribution in [0, 0.1) is 5.82 Å². The molecule has 0 atom stereocenters. The molecule has 124 valence electrons. The van der Waals surface area contributed by atoms with Crippen LogP contribution in [0.4, 0.5) is 4.39 Å². The lowest BCUT2D eigenvalue weighted by Crippen LogP contribution is -2.29. The van der Waals surface area contributed by atoms with Gasteiger partial charge in [0.1, 0.15) is 11.6 Å². The Kier molecular flexibility index (Phi) is 6.12. The highest BCUT2D eigenvalue weighted by Crippen LogP contribution is 2.12. The van der Waals surface area contributed by atoms with Crippen molar-refractivity contribution in [3.63, 3.8) is 0 Å². The van der Waals surface area contributed by atoms with E-state index < -0.39 is 10.1 Å². The molecule has 0 spiro atoms. The Morgan fingerprint density at radius 2 is 1.65 bits per heavy atom. The summed E-state index contributed by atoms with van der Waals surface area (Å²) in [5.41, 5.74) is 1.02. The third-order valence-electron chi connectivity index (χ3n) is 3.38. The van der Waals surface area contributed by atoms with Crippen molar-refractivity contribution in [2.24, 2.45) is 0 Å². The summed E-state index contributed by atoms with van der Waals surface area (Å²) in [6, 6.07) is 14.8. The number of rotatable bonds is 8. The number of benzene rings is 2. The molecule has 4 nitrogen and oxygen atoms in total. The summed E-state index contributed by atoms with van der Waals surface area (Å²) >= 11 is 0. The fourth-order valence-corrected chi connectivity index (χ4v) is 3.04. The van der Waals surface area contributed by atoms with E-state index in [2.05, 4.69) is 0 Å². The minimum absolute atomic E-state index is 0.0815. The summed E-state index contributed by atoms with van der Waals surface area (Å²) in [5.74, 6) is -0.0188. The second-order valence-electron chi connectivity index (χ2n) is 5.34.